The van der Waals surface area contributed by atoms with E-state index in [9.17, 15) is 4.79 Å². The molecule has 0 saturated carbocycles. The molecule has 0 saturated heterocycles. The summed E-state index contributed by atoms with van der Waals surface area (Å²) in [4.78, 5) is 13.2. The fraction of sp³-hybridized carbons (Fsp3) is 0.250. The highest BCUT2D eigenvalue weighted by Gasteiger charge is 2.15. The second-order valence-electron chi connectivity index (χ2n) is 4.60. The lowest BCUT2D eigenvalue weighted by atomic mass is 10.1. The first-order chi connectivity index (χ1) is 9.56. The van der Waals surface area contributed by atoms with Gasteiger partial charge in [0.05, 0.1) is 5.56 Å². The zero-order valence-electron chi connectivity index (χ0n) is 11.8. The van der Waals surface area contributed by atoms with Crippen molar-refractivity contribution in [3.05, 3.63) is 51.4 Å². The molecule has 1 aromatic heterocycles. The molecule has 1 amide bonds. The van der Waals surface area contributed by atoms with Crippen LogP contribution in [0.5, 0.6) is 0 Å². The molecule has 0 fully saturated rings. The number of hydrogen-bond donors (Lipinski definition) is 1. The number of anilines is 1. The van der Waals surface area contributed by atoms with Gasteiger partial charge in [0.25, 0.3) is 5.91 Å². The summed E-state index contributed by atoms with van der Waals surface area (Å²) in [5.41, 5.74) is 3.30. The van der Waals surface area contributed by atoms with Gasteiger partial charge in [0.2, 0.25) is 0 Å². The SMILES string of the molecule is CCc1ccc(C(=O)Nc2sc(C)c(C)c2C#N)cc1. The minimum atomic E-state index is -0.176. The Kier molecular flexibility index (Phi) is 4.21. The fourth-order valence-corrected chi connectivity index (χ4v) is 2.92. The first-order valence-corrected chi connectivity index (χ1v) is 7.28. The van der Waals surface area contributed by atoms with Crippen LogP contribution in [0.25, 0.3) is 0 Å². The average Bonchev–Trinajstić information content (AvgIpc) is 2.73. The van der Waals surface area contributed by atoms with Crippen LogP contribution < -0.4 is 5.32 Å². The van der Waals surface area contributed by atoms with E-state index in [2.05, 4.69) is 18.3 Å². The smallest absolute Gasteiger partial charge is 0.256 e. The van der Waals surface area contributed by atoms with E-state index in [1.807, 2.05) is 38.1 Å². The van der Waals surface area contributed by atoms with Crippen LogP contribution in [-0.2, 0) is 6.42 Å². The minimum Gasteiger partial charge on any atom is -0.312 e. The van der Waals surface area contributed by atoms with E-state index in [0.717, 1.165) is 16.9 Å². The normalized spacial score (nSPS) is 10.1. The third-order valence-electron chi connectivity index (χ3n) is 3.35. The average molecular weight is 284 g/mol. The molecule has 1 heterocycles. The molecule has 20 heavy (non-hydrogen) atoms. The van der Waals surface area contributed by atoms with Crippen molar-refractivity contribution in [1.29, 1.82) is 5.26 Å². The molecule has 0 spiro atoms. The molecule has 2 rings (SSSR count). The van der Waals surface area contributed by atoms with Gasteiger partial charge in [-0.15, -0.1) is 11.3 Å². The van der Waals surface area contributed by atoms with Gasteiger partial charge in [0.1, 0.15) is 11.1 Å². The molecule has 3 nitrogen and oxygen atoms in total. The number of aryl methyl sites for hydroxylation is 2. The van der Waals surface area contributed by atoms with Crippen LogP contribution in [0.1, 0.15) is 38.8 Å². The van der Waals surface area contributed by atoms with Crippen molar-refractivity contribution < 1.29 is 4.79 Å². The molecule has 1 N–H and O–H groups in total. The van der Waals surface area contributed by atoms with Crippen LogP contribution in [0.4, 0.5) is 5.00 Å². The lowest BCUT2D eigenvalue weighted by Crippen LogP contribution is -2.11. The van der Waals surface area contributed by atoms with Crippen LogP contribution in [0.15, 0.2) is 24.3 Å². The van der Waals surface area contributed by atoms with Crippen LogP contribution in [0.3, 0.4) is 0 Å². The molecule has 102 valence electrons. The van der Waals surface area contributed by atoms with Gasteiger partial charge in [-0.1, -0.05) is 19.1 Å². The second kappa shape index (κ2) is 5.89. The Morgan fingerprint density at radius 2 is 1.95 bits per heavy atom. The Morgan fingerprint density at radius 1 is 1.30 bits per heavy atom. The number of thiophene rings is 1. The van der Waals surface area contributed by atoms with Crippen molar-refractivity contribution in [2.75, 3.05) is 5.32 Å². The molecule has 0 radical (unpaired) electrons. The van der Waals surface area contributed by atoms with E-state index in [1.165, 1.54) is 16.9 Å². The molecular formula is C16H16N2OS. The quantitative estimate of drug-likeness (QED) is 0.924. The number of nitrogens with one attached hydrogen (secondary N) is 1. The highest BCUT2D eigenvalue weighted by molar-refractivity contribution is 7.16. The first-order valence-electron chi connectivity index (χ1n) is 6.47. The maximum absolute atomic E-state index is 12.2. The van der Waals surface area contributed by atoms with Gasteiger partial charge < -0.3 is 5.32 Å². The first kappa shape index (κ1) is 14.3. The van der Waals surface area contributed by atoms with Gasteiger partial charge in [-0.3, -0.25) is 4.79 Å². The van der Waals surface area contributed by atoms with Gasteiger partial charge in [-0.2, -0.15) is 5.26 Å². The van der Waals surface area contributed by atoms with Crippen molar-refractivity contribution >= 4 is 22.2 Å². The van der Waals surface area contributed by atoms with Crippen LogP contribution in [-0.4, -0.2) is 5.91 Å². The molecule has 1 aromatic carbocycles. The number of carbonyl (C=O) groups excluding carboxylic acids is 1. The number of benzene rings is 1. The third kappa shape index (κ3) is 2.73. The zero-order valence-corrected chi connectivity index (χ0v) is 12.6. The summed E-state index contributed by atoms with van der Waals surface area (Å²) in [5, 5.41) is 12.6. The topological polar surface area (TPSA) is 52.9 Å². The van der Waals surface area contributed by atoms with E-state index < -0.39 is 0 Å². The van der Waals surface area contributed by atoms with Gasteiger partial charge in [-0.25, -0.2) is 0 Å². The summed E-state index contributed by atoms with van der Waals surface area (Å²) in [6, 6.07) is 9.68. The van der Waals surface area contributed by atoms with E-state index in [1.54, 1.807) is 0 Å². The van der Waals surface area contributed by atoms with Crippen LogP contribution in [0.2, 0.25) is 0 Å². The van der Waals surface area contributed by atoms with E-state index >= 15 is 0 Å². The fourth-order valence-electron chi connectivity index (χ4n) is 1.92. The maximum atomic E-state index is 12.2. The zero-order chi connectivity index (χ0) is 14.7. The molecule has 0 aliphatic carbocycles. The van der Waals surface area contributed by atoms with Crippen molar-refractivity contribution in [1.82, 2.24) is 0 Å². The number of nitrogens with zero attached hydrogens (tertiary/aromatic N) is 1. The standard InChI is InChI=1S/C16H16N2OS/c1-4-12-5-7-13(8-6-12)15(19)18-16-14(9-17)10(2)11(3)20-16/h5-8H,4H2,1-3H3,(H,18,19). The van der Waals surface area contributed by atoms with Crippen molar-refractivity contribution in [3.8, 4) is 6.07 Å². The van der Waals surface area contributed by atoms with Crippen molar-refractivity contribution in [3.63, 3.8) is 0 Å². The highest BCUT2D eigenvalue weighted by Crippen LogP contribution is 2.31. The minimum absolute atomic E-state index is 0.176. The number of nitriles is 1. The maximum Gasteiger partial charge on any atom is 0.256 e. The molecule has 0 unspecified atom stereocenters. The van der Waals surface area contributed by atoms with Gasteiger partial charge in [0.15, 0.2) is 0 Å². The van der Waals surface area contributed by atoms with E-state index in [4.69, 9.17) is 5.26 Å². The highest BCUT2D eigenvalue weighted by atomic mass is 32.1. The summed E-state index contributed by atoms with van der Waals surface area (Å²) >= 11 is 1.44. The summed E-state index contributed by atoms with van der Waals surface area (Å²) in [6.45, 7) is 5.92. The lowest BCUT2D eigenvalue weighted by Gasteiger charge is -2.04. The number of carbonyl (C=O) groups is 1. The monoisotopic (exact) mass is 284 g/mol. The molecule has 0 aliphatic rings. The van der Waals surface area contributed by atoms with Crippen LogP contribution in [0, 0.1) is 25.2 Å². The lowest BCUT2D eigenvalue weighted by molar-refractivity contribution is 0.102. The predicted octanol–water partition coefficient (Wildman–Crippen LogP) is 4.05. The summed E-state index contributed by atoms with van der Waals surface area (Å²) in [7, 11) is 0. The molecule has 0 aliphatic heterocycles. The Bertz CT molecular complexity index is 678. The Morgan fingerprint density at radius 3 is 2.50 bits per heavy atom. The number of rotatable bonds is 3. The summed E-state index contributed by atoms with van der Waals surface area (Å²) < 4.78 is 0. The number of hydrogen-bond acceptors (Lipinski definition) is 3. The molecule has 4 heteroatoms. The van der Waals surface area contributed by atoms with Crippen LogP contribution >= 0.6 is 11.3 Å². The van der Waals surface area contributed by atoms with Gasteiger partial charge in [0, 0.05) is 10.4 Å². The second-order valence-corrected chi connectivity index (χ2v) is 5.83. The Labute approximate surface area is 122 Å². The predicted molar refractivity (Wildman–Crippen MR) is 82.3 cm³/mol. The van der Waals surface area contributed by atoms with Crippen molar-refractivity contribution in [2.24, 2.45) is 0 Å². The summed E-state index contributed by atoms with van der Waals surface area (Å²) in [5.74, 6) is -0.176. The Hall–Kier alpha value is -2.12. The molecule has 0 atom stereocenters. The molecule has 0 bridgehead atoms. The largest absolute Gasteiger partial charge is 0.312 e. The van der Waals surface area contributed by atoms with Crippen molar-refractivity contribution in [2.45, 2.75) is 27.2 Å². The van der Waals surface area contributed by atoms with E-state index in [-0.39, 0.29) is 5.91 Å². The molecule has 2 aromatic rings. The third-order valence-corrected chi connectivity index (χ3v) is 4.47. The number of amides is 1. The van der Waals surface area contributed by atoms with E-state index in [0.29, 0.717) is 16.1 Å². The van der Waals surface area contributed by atoms with Gasteiger partial charge >= 0.3 is 0 Å². The Balaban J connectivity index is 2.23. The summed E-state index contributed by atoms with van der Waals surface area (Å²) in [6.07, 6.45) is 0.948. The molecular weight excluding hydrogens is 268 g/mol. The van der Waals surface area contributed by atoms with Gasteiger partial charge in [-0.05, 0) is 43.5 Å².